The lowest BCUT2D eigenvalue weighted by atomic mass is 10.1. The summed E-state index contributed by atoms with van der Waals surface area (Å²) in [5.41, 5.74) is 3.19. The Labute approximate surface area is 136 Å². The number of hydrogen-bond donors (Lipinski definition) is 3. The van der Waals surface area contributed by atoms with E-state index in [9.17, 15) is 14.7 Å². The van der Waals surface area contributed by atoms with Gasteiger partial charge in [0.25, 0.3) is 5.91 Å². The van der Waals surface area contributed by atoms with Crippen molar-refractivity contribution in [3.05, 3.63) is 34.9 Å². The Morgan fingerprint density at radius 1 is 1.09 bits per heavy atom. The summed E-state index contributed by atoms with van der Waals surface area (Å²) in [5.74, 6) is -0.277. The van der Waals surface area contributed by atoms with Gasteiger partial charge in [-0.1, -0.05) is 12.5 Å². The Morgan fingerprint density at radius 3 is 2.70 bits per heavy atom. The van der Waals surface area contributed by atoms with Crippen LogP contribution in [-0.2, 0) is 17.6 Å². The summed E-state index contributed by atoms with van der Waals surface area (Å²) in [6.07, 6.45) is 5.73. The van der Waals surface area contributed by atoms with E-state index in [4.69, 9.17) is 0 Å². The van der Waals surface area contributed by atoms with E-state index in [0.29, 0.717) is 12.1 Å². The number of rotatable bonds is 5. The molecule has 5 nitrogen and oxygen atoms in total. The molecule has 0 bridgehead atoms. The summed E-state index contributed by atoms with van der Waals surface area (Å²) in [6.45, 7) is 0.452. The predicted molar refractivity (Wildman–Crippen MR) is 87.2 cm³/mol. The normalized spacial score (nSPS) is 22.7. The second-order valence-corrected chi connectivity index (χ2v) is 6.58. The van der Waals surface area contributed by atoms with Crippen LogP contribution in [0, 0.1) is 5.92 Å². The molecule has 0 aliphatic heterocycles. The van der Waals surface area contributed by atoms with Crippen molar-refractivity contribution < 1.29 is 14.7 Å². The number of nitrogens with one attached hydrogen (secondary N) is 2. The van der Waals surface area contributed by atoms with E-state index in [2.05, 4.69) is 10.6 Å². The third-order valence-electron chi connectivity index (χ3n) is 4.95. The fourth-order valence-corrected chi connectivity index (χ4v) is 3.54. The van der Waals surface area contributed by atoms with Gasteiger partial charge in [0.1, 0.15) is 0 Å². The maximum absolute atomic E-state index is 12.1. The van der Waals surface area contributed by atoms with E-state index in [1.54, 1.807) is 0 Å². The first-order chi connectivity index (χ1) is 11.1. The number of carbonyl (C=O) groups excluding carboxylic acids is 2. The summed E-state index contributed by atoms with van der Waals surface area (Å²) in [7, 11) is 0. The second kappa shape index (κ2) is 7.13. The predicted octanol–water partition coefficient (Wildman–Crippen LogP) is 1.18. The molecule has 0 heterocycles. The van der Waals surface area contributed by atoms with Gasteiger partial charge >= 0.3 is 0 Å². The van der Waals surface area contributed by atoms with Gasteiger partial charge in [0.15, 0.2) is 0 Å². The van der Waals surface area contributed by atoms with Gasteiger partial charge in [0.2, 0.25) is 5.91 Å². The third kappa shape index (κ3) is 3.91. The van der Waals surface area contributed by atoms with E-state index in [1.807, 2.05) is 18.2 Å². The van der Waals surface area contributed by atoms with Crippen LogP contribution in [0.2, 0.25) is 0 Å². The number of aliphatic hydroxyl groups excluding tert-OH is 1. The largest absolute Gasteiger partial charge is 0.393 e. The zero-order valence-electron chi connectivity index (χ0n) is 13.3. The highest BCUT2D eigenvalue weighted by Crippen LogP contribution is 2.24. The average Bonchev–Trinajstić information content (AvgIpc) is 3.18. The molecule has 2 aliphatic carbocycles. The quantitative estimate of drug-likeness (QED) is 0.763. The molecule has 1 saturated carbocycles. The first-order valence-electron chi connectivity index (χ1n) is 8.48. The molecule has 2 amide bonds. The van der Waals surface area contributed by atoms with E-state index in [-0.39, 0.29) is 30.4 Å². The van der Waals surface area contributed by atoms with Crippen LogP contribution in [0.3, 0.4) is 0 Å². The van der Waals surface area contributed by atoms with Crippen molar-refractivity contribution >= 4 is 11.8 Å². The first kappa shape index (κ1) is 16.0. The summed E-state index contributed by atoms with van der Waals surface area (Å²) in [6, 6.07) is 5.77. The summed E-state index contributed by atoms with van der Waals surface area (Å²) in [4.78, 5) is 24.0. The Hall–Kier alpha value is -1.88. The number of fused-ring (bicyclic) bond motifs is 1. The number of benzene rings is 1. The van der Waals surface area contributed by atoms with Gasteiger partial charge in [0.05, 0.1) is 12.6 Å². The molecule has 1 aromatic rings. The highest BCUT2D eigenvalue weighted by Gasteiger charge is 2.25. The van der Waals surface area contributed by atoms with E-state index < -0.39 is 0 Å². The summed E-state index contributed by atoms with van der Waals surface area (Å²) >= 11 is 0. The van der Waals surface area contributed by atoms with Gasteiger partial charge in [-0.25, -0.2) is 0 Å². The Kier molecular flexibility index (Phi) is 4.96. The van der Waals surface area contributed by atoms with Crippen LogP contribution >= 0.6 is 0 Å². The van der Waals surface area contributed by atoms with Crippen molar-refractivity contribution in [3.63, 3.8) is 0 Å². The van der Waals surface area contributed by atoms with Crippen LogP contribution < -0.4 is 10.6 Å². The fraction of sp³-hybridized carbons (Fsp3) is 0.556. The van der Waals surface area contributed by atoms with Crippen LogP contribution in [0.25, 0.3) is 0 Å². The van der Waals surface area contributed by atoms with Crippen molar-refractivity contribution in [3.8, 4) is 0 Å². The molecule has 1 fully saturated rings. The first-order valence-corrected chi connectivity index (χ1v) is 8.48. The van der Waals surface area contributed by atoms with Crippen molar-refractivity contribution in [1.82, 2.24) is 10.6 Å². The molecule has 1 aromatic carbocycles. The average molecular weight is 316 g/mol. The summed E-state index contributed by atoms with van der Waals surface area (Å²) < 4.78 is 0. The van der Waals surface area contributed by atoms with Crippen LogP contribution in [0.5, 0.6) is 0 Å². The van der Waals surface area contributed by atoms with Crippen LogP contribution in [0.15, 0.2) is 18.2 Å². The lowest BCUT2D eigenvalue weighted by molar-refractivity contribution is -0.120. The molecule has 124 valence electrons. The Morgan fingerprint density at radius 2 is 1.91 bits per heavy atom. The van der Waals surface area contributed by atoms with Crippen LogP contribution in [0.1, 0.15) is 47.2 Å². The SMILES string of the molecule is O=C(CNC(=O)c1ccc2c(c1)CCC2)NC[C@H]1CCC[C@@H]1O. The van der Waals surface area contributed by atoms with E-state index >= 15 is 0 Å². The monoisotopic (exact) mass is 316 g/mol. The molecule has 3 N–H and O–H groups in total. The molecular weight excluding hydrogens is 292 g/mol. The van der Waals surface area contributed by atoms with Gasteiger partial charge in [-0.3, -0.25) is 9.59 Å². The van der Waals surface area contributed by atoms with E-state index in [1.165, 1.54) is 11.1 Å². The lowest BCUT2D eigenvalue weighted by Gasteiger charge is -2.15. The van der Waals surface area contributed by atoms with Gasteiger partial charge in [-0.05, 0) is 55.4 Å². The zero-order valence-corrected chi connectivity index (χ0v) is 13.3. The molecule has 3 rings (SSSR count). The topological polar surface area (TPSA) is 78.4 Å². The molecule has 2 aliphatic rings. The standard InChI is InChI=1S/C18H24N2O3/c21-16-6-2-5-15(16)10-19-17(22)11-20-18(23)14-8-7-12-3-1-4-13(12)9-14/h7-9,15-16,21H,1-6,10-11H2,(H,19,22)(H,20,23)/t15-,16+/m1/s1. The minimum absolute atomic E-state index is 0.0290. The molecule has 0 unspecified atom stereocenters. The van der Waals surface area contributed by atoms with Gasteiger partial charge < -0.3 is 15.7 Å². The van der Waals surface area contributed by atoms with Gasteiger partial charge in [-0.15, -0.1) is 0 Å². The van der Waals surface area contributed by atoms with E-state index in [0.717, 1.165) is 38.5 Å². The maximum atomic E-state index is 12.1. The second-order valence-electron chi connectivity index (χ2n) is 6.58. The van der Waals surface area contributed by atoms with Crippen molar-refractivity contribution in [1.29, 1.82) is 0 Å². The molecule has 0 aromatic heterocycles. The number of aliphatic hydroxyl groups is 1. The van der Waals surface area contributed by atoms with Gasteiger partial charge in [-0.2, -0.15) is 0 Å². The van der Waals surface area contributed by atoms with Crippen LogP contribution in [-0.4, -0.2) is 36.1 Å². The highest BCUT2D eigenvalue weighted by atomic mass is 16.3. The maximum Gasteiger partial charge on any atom is 0.251 e. The summed E-state index contributed by atoms with van der Waals surface area (Å²) in [5, 5.41) is 15.2. The number of hydrogen-bond acceptors (Lipinski definition) is 3. The van der Waals surface area contributed by atoms with Crippen molar-refractivity contribution in [2.45, 2.75) is 44.6 Å². The van der Waals surface area contributed by atoms with Crippen molar-refractivity contribution in [2.75, 3.05) is 13.1 Å². The fourth-order valence-electron chi connectivity index (χ4n) is 3.54. The lowest BCUT2D eigenvalue weighted by Crippen LogP contribution is -2.40. The molecule has 0 spiro atoms. The number of aryl methyl sites for hydroxylation is 2. The van der Waals surface area contributed by atoms with Crippen LogP contribution in [0.4, 0.5) is 0 Å². The zero-order chi connectivity index (χ0) is 16.2. The smallest absolute Gasteiger partial charge is 0.251 e. The minimum Gasteiger partial charge on any atom is -0.393 e. The molecule has 5 heteroatoms. The molecule has 0 saturated heterocycles. The minimum atomic E-state index is -0.309. The molecule has 0 radical (unpaired) electrons. The third-order valence-corrected chi connectivity index (χ3v) is 4.95. The molecule has 2 atom stereocenters. The Bertz CT molecular complexity index is 600. The highest BCUT2D eigenvalue weighted by molar-refractivity contribution is 5.96. The number of carbonyl (C=O) groups is 2. The van der Waals surface area contributed by atoms with Gasteiger partial charge in [0, 0.05) is 18.0 Å². The number of amides is 2. The molecular formula is C18H24N2O3. The molecule has 23 heavy (non-hydrogen) atoms. The van der Waals surface area contributed by atoms with Crippen molar-refractivity contribution in [2.24, 2.45) is 5.92 Å². The Balaban J connectivity index is 1.44.